The van der Waals surface area contributed by atoms with E-state index in [1.807, 2.05) is 0 Å². The van der Waals surface area contributed by atoms with E-state index in [-0.39, 0.29) is 17.1 Å². The van der Waals surface area contributed by atoms with E-state index in [9.17, 15) is 4.79 Å². The van der Waals surface area contributed by atoms with Gasteiger partial charge >= 0.3 is 0 Å². The van der Waals surface area contributed by atoms with Gasteiger partial charge in [-0.3, -0.25) is 4.79 Å². The van der Waals surface area contributed by atoms with E-state index in [4.69, 9.17) is 4.74 Å². The highest BCUT2D eigenvalue weighted by atomic mass is 16.6. The molecule has 3 fully saturated rings. The first-order valence-corrected chi connectivity index (χ1v) is 6.78. The summed E-state index contributed by atoms with van der Waals surface area (Å²) in [5, 5.41) is 0. The van der Waals surface area contributed by atoms with Crippen molar-refractivity contribution in [3.05, 3.63) is 12.2 Å². The molecule has 0 aromatic rings. The van der Waals surface area contributed by atoms with Gasteiger partial charge in [-0.15, -0.1) is 0 Å². The van der Waals surface area contributed by atoms with Gasteiger partial charge in [-0.25, -0.2) is 0 Å². The molecular weight excluding hydrogens is 212 g/mol. The number of rotatable bonds is 1. The third kappa shape index (κ3) is 1.22. The predicted octanol–water partition coefficient (Wildman–Crippen LogP) is 3.12. The van der Waals surface area contributed by atoms with Crippen LogP contribution in [0, 0.1) is 17.3 Å². The predicted molar refractivity (Wildman–Crippen MR) is 66.7 cm³/mol. The van der Waals surface area contributed by atoms with Gasteiger partial charge in [-0.05, 0) is 38.0 Å². The molecule has 0 radical (unpaired) electrons. The van der Waals surface area contributed by atoms with Crippen molar-refractivity contribution in [2.45, 2.75) is 58.2 Å². The highest BCUT2D eigenvalue weighted by molar-refractivity contribution is 5.88. The van der Waals surface area contributed by atoms with E-state index in [1.165, 1.54) is 5.57 Å². The molecule has 0 amide bonds. The van der Waals surface area contributed by atoms with Crippen LogP contribution in [0.5, 0.6) is 0 Å². The lowest BCUT2D eigenvalue weighted by atomic mass is 9.52. The molecule has 2 aliphatic carbocycles. The Bertz CT molecular complexity index is 400. The molecule has 3 aliphatic rings. The van der Waals surface area contributed by atoms with E-state index in [2.05, 4.69) is 27.4 Å². The van der Waals surface area contributed by atoms with Crippen LogP contribution >= 0.6 is 0 Å². The first-order valence-electron chi connectivity index (χ1n) is 6.78. The Morgan fingerprint density at radius 3 is 2.82 bits per heavy atom. The van der Waals surface area contributed by atoms with Crippen LogP contribution in [0.15, 0.2) is 12.2 Å². The molecule has 94 valence electrons. The molecule has 17 heavy (non-hydrogen) atoms. The van der Waals surface area contributed by atoms with Gasteiger partial charge in [-0.2, -0.15) is 0 Å². The van der Waals surface area contributed by atoms with Crippen molar-refractivity contribution in [1.82, 2.24) is 0 Å². The van der Waals surface area contributed by atoms with Gasteiger partial charge in [0.25, 0.3) is 0 Å². The summed E-state index contributed by atoms with van der Waals surface area (Å²) in [6.07, 6.45) is 3.80. The maximum absolute atomic E-state index is 11.8. The highest BCUT2D eigenvalue weighted by Gasteiger charge is 2.74. The van der Waals surface area contributed by atoms with Crippen molar-refractivity contribution in [1.29, 1.82) is 0 Å². The van der Waals surface area contributed by atoms with Crippen molar-refractivity contribution in [2.75, 3.05) is 0 Å². The molecule has 0 aromatic heterocycles. The number of hydrogen-bond acceptors (Lipinski definition) is 2. The third-order valence-electron chi connectivity index (χ3n) is 5.91. The zero-order valence-electron chi connectivity index (χ0n) is 11.1. The zero-order valence-corrected chi connectivity index (χ0v) is 11.1. The molecular formula is C15H22O2. The summed E-state index contributed by atoms with van der Waals surface area (Å²) in [6.45, 7) is 10.9. The fourth-order valence-electron chi connectivity index (χ4n) is 4.49. The van der Waals surface area contributed by atoms with Crippen LogP contribution in [0.1, 0.15) is 46.5 Å². The first kappa shape index (κ1) is 11.5. The number of epoxide rings is 1. The second kappa shape index (κ2) is 3.23. The molecule has 2 nitrogen and oxygen atoms in total. The van der Waals surface area contributed by atoms with Crippen LogP contribution < -0.4 is 0 Å². The number of ether oxygens (including phenoxy) is 1. The molecule has 5 atom stereocenters. The average molecular weight is 234 g/mol. The SMILES string of the molecule is C=C(C)[C@@H]1CCC23OC2C(=O)CC[C@]3(C)[C@H]1C. The maximum Gasteiger partial charge on any atom is 0.164 e. The fraction of sp³-hybridized carbons (Fsp3) is 0.800. The molecule has 1 heterocycles. The lowest BCUT2D eigenvalue weighted by Crippen LogP contribution is -2.53. The molecule has 1 spiro atoms. The lowest BCUT2D eigenvalue weighted by Gasteiger charge is -2.51. The van der Waals surface area contributed by atoms with Gasteiger partial charge in [0.1, 0.15) is 11.7 Å². The molecule has 1 saturated heterocycles. The van der Waals surface area contributed by atoms with Gasteiger partial charge in [0.05, 0.1) is 0 Å². The molecule has 2 unspecified atom stereocenters. The third-order valence-corrected chi connectivity index (χ3v) is 5.91. The minimum atomic E-state index is -0.103. The van der Waals surface area contributed by atoms with E-state index in [0.717, 1.165) is 19.3 Å². The number of allylic oxidation sites excluding steroid dienone is 1. The summed E-state index contributed by atoms with van der Waals surface area (Å²) in [5.74, 6) is 1.51. The molecule has 2 heteroatoms. The second-order valence-corrected chi connectivity index (χ2v) is 6.55. The average Bonchev–Trinajstić information content (AvgIpc) is 2.99. The Balaban J connectivity index is 1.95. The quantitative estimate of drug-likeness (QED) is 0.515. The standard InChI is InChI=1S/C15H22O2/c1-9(2)11-5-8-15-13(17-15)12(16)6-7-14(15,4)10(11)3/h10-11,13H,1,5-8H2,2-4H3/t10-,11-,13?,14+,15?/m0/s1. The molecule has 2 saturated carbocycles. The Morgan fingerprint density at radius 1 is 1.47 bits per heavy atom. The van der Waals surface area contributed by atoms with Gasteiger partial charge < -0.3 is 4.74 Å². The fourth-order valence-corrected chi connectivity index (χ4v) is 4.49. The van der Waals surface area contributed by atoms with Gasteiger partial charge in [0, 0.05) is 11.8 Å². The summed E-state index contributed by atoms with van der Waals surface area (Å²) < 4.78 is 5.90. The summed E-state index contributed by atoms with van der Waals surface area (Å²) in [5.41, 5.74) is 1.36. The second-order valence-electron chi connectivity index (χ2n) is 6.55. The number of Topliss-reactive ketones (excluding diaryl/α,β-unsaturated/α-hetero) is 1. The Hall–Kier alpha value is -0.630. The van der Waals surface area contributed by atoms with E-state index < -0.39 is 0 Å². The van der Waals surface area contributed by atoms with E-state index in [0.29, 0.717) is 24.0 Å². The van der Waals surface area contributed by atoms with Gasteiger partial charge in [-0.1, -0.05) is 26.0 Å². The van der Waals surface area contributed by atoms with E-state index >= 15 is 0 Å². The molecule has 0 bridgehead atoms. The normalized spacial score (nSPS) is 52.6. The number of hydrogen-bond donors (Lipinski definition) is 0. The van der Waals surface area contributed by atoms with Crippen molar-refractivity contribution in [3.8, 4) is 0 Å². The minimum absolute atomic E-state index is 0.0743. The van der Waals surface area contributed by atoms with Crippen molar-refractivity contribution in [2.24, 2.45) is 17.3 Å². The van der Waals surface area contributed by atoms with Gasteiger partial charge in [0.2, 0.25) is 0 Å². The maximum atomic E-state index is 11.8. The Morgan fingerprint density at radius 2 is 2.18 bits per heavy atom. The minimum Gasteiger partial charge on any atom is -0.357 e. The largest absolute Gasteiger partial charge is 0.357 e. The zero-order chi connectivity index (χ0) is 12.4. The summed E-state index contributed by atoms with van der Waals surface area (Å²) >= 11 is 0. The lowest BCUT2D eigenvalue weighted by molar-refractivity contribution is -0.123. The van der Waals surface area contributed by atoms with Crippen LogP contribution in [0.2, 0.25) is 0 Å². The number of carbonyl (C=O) groups is 1. The Kier molecular flexibility index (Phi) is 2.17. The van der Waals surface area contributed by atoms with Crippen LogP contribution in [0.4, 0.5) is 0 Å². The van der Waals surface area contributed by atoms with E-state index in [1.54, 1.807) is 0 Å². The van der Waals surface area contributed by atoms with Crippen LogP contribution in [-0.2, 0) is 9.53 Å². The molecule has 0 N–H and O–H groups in total. The molecule has 0 aromatic carbocycles. The first-order chi connectivity index (χ1) is 7.92. The van der Waals surface area contributed by atoms with Crippen LogP contribution in [0.25, 0.3) is 0 Å². The smallest absolute Gasteiger partial charge is 0.164 e. The topological polar surface area (TPSA) is 29.6 Å². The highest BCUT2D eigenvalue weighted by Crippen LogP contribution is 2.67. The summed E-state index contributed by atoms with van der Waals surface area (Å²) in [7, 11) is 0. The van der Waals surface area contributed by atoms with Gasteiger partial charge in [0.15, 0.2) is 5.78 Å². The number of ketones is 1. The van der Waals surface area contributed by atoms with Crippen LogP contribution in [0.3, 0.4) is 0 Å². The van der Waals surface area contributed by atoms with Crippen LogP contribution in [-0.4, -0.2) is 17.5 Å². The summed E-state index contributed by atoms with van der Waals surface area (Å²) in [6, 6.07) is 0. The number of carbonyl (C=O) groups excluding carboxylic acids is 1. The van der Waals surface area contributed by atoms with Crippen molar-refractivity contribution >= 4 is 5.78 Å². The Labute approximate surface area is 103 Å². The summed E-state index contributed by atoms with van der Waals surface area (Å²) in [4.78, 5) is 11.8. The van der Waals surface area contributed by atoms with Crippen molar-refractivity contribution < 1.29 is 9.53 Å². The molecule has 3 rings (SSSR count). The van der Waals surface area contributed by atoms with Crippen molar-refractivity contribution in [3.63, 3.8) is 0 Å². The molecule has 1 aliphatic heterocycles. The monoisotopic (exact) mass is 234 g/mol.